The van der Waals surface area contributed by atoms with Gasteiger partial charge in [-0.15, -0.1) is 0 Å². The summed E-state index contributed by atoms with van der Waals surface area (Å²) < 4.78 is 24.1. The van der Waals surface area contributed by atoms with E-state index in [-0.39, 0.29) is 18.6 Å². The minimum atomic E-state index is -0.730. The third kappa shape index (κ3) is 2.49. The molecule has 0 radical (unpaired) electrons. The third-order valence-electron chi connectivity index (χ3n) is 2.33. The summed E-state index contributed by atoms with van der Waals surface area (Å²) in [5.41, 5.74) is 0.657. The lowest BCUT2D eigenvalue weighted by Gasteiger charge is -2.00. The van der Waals surface area contributed by atoms with E-state index in [9.17, 15) is 9.18 Å². The zero-order valence-electron chi connectivity index (χ0n) is 9.13. The summed E-state index contributed by atoms with van der Waals surface area (Å²) in [6.45, 7) is 1.98. The fourth-order valence-electron chi connectivity index (χ4n) is 1.61. The van der Waals surface area contributed by atoms with Gasteiger partial charge in [-0.3, -0.25) is 4.79 Å². The summed E-state index contributed by atoms with van der Waals surface area (Å²) in [6, 6.07) is 4.39. The highest BCUT2D eigenvalue weighted by molar-refractivity contribution is 9.10. The van der Waals surface area contributed by atoms with Crippen molar-refractivity contribution in [3.63, 3.8) is 0 Å². The Kier molecular flexibility index (Phi) is 3.47. The van der Waals surface area contributed by atoms with E-state index in [1.165, 1.54) is 0 Å². The number of carbonyl (C=O) groups excluding carboxylic acids is 1. The molecule has 1 aromatic carbocycles. The molecule has 0 saturated heterocycles. The second-order valence-electron chi connectivity index (χ2n) is 3.48. The molecule has 0 fully saturated rings. The normalized spacial score (nSPS) is 10.8. The highest BCUT2D eigenvalue weighted by atomic mass is 79.9. The van der Waals surface area contributed by atoms with Gasteiger partial charge < -0.3 is 9.15 Å². The predicted octanol–water partition coefficient (Wildman–Crippen LogP) is 3.44. The number of hydrogen-bond donors (Lipinski definition) is 0. The van der Waals surface area contributed by atoms with E-state index in [1.807, 2.05) is 0 Å². The summed E-state index contributed by atoms with van der Waals surface area (Å²) in [6.07, 6.45) is -0.122. The van der Waals surface area contributed by atoms with Gasteiger partial charge in [-0.1, -0.05) is 15.9 Å². The van der Waals surface area contributed by atoms with Crippen molar-refractivity contribution in [2.45, 2.75) is 13.3 Å². The van der Waals surface area contributed by atoms with Crippen LogP contribution in [0.3, 0.4) is 0 Å². The zero-order valence-corrected chi connectivity index (χ0v) is 10.7. The lowest BCUT2D eigenvalue weighted by molar-refractivity contribution is -0.142. The van der Waals surface area contributed by atoms with E-state index in [0.29, 0.717) is 11.0 Å². The smallest absolute Gasteiger partial charge is 0.310 e. The largest absolute Gasteiger partial charge is 0.466 e. The molecular weight excluding hydrogens is 291 g/mol. The second-order valence-corrected chi connectivity index (χ2v) is 4.39. The van der Waals surface area contributed by atoms with Crippen molar-refractivity contribution in [2.24, 2.45) is 0 Å². The van der Waals surface area contributed by atoms with Gasteiger partial charge in [-0.2, -0.15) is 4.39 Å². The Morgan fingerprint density at radius 2 is 2.29 bits per heavy atom. The number of rotatable bonds is 3. The average molecular weight is 301 g/mol. The number of ether oxygens (including phenoxy) is 1. The van der Waals surface area contributed by atoms with Crippen LogP contribution in [0.25, 0.3) is 11.0 Å². The SMILES string of the molecule is CCOC(=O)Cc1c(F)oc2ccc(Br)cc12. The van der Waals surface area contributed by atoms with Crippen LogP contribution in [0.2, 0.25) is 0 Å². The molecule has 0 atom stereocenters. The molecule has 17 heavy (non-hydrogen) atoms. The first kappa shape index (κ1) is 12.1. The predicted molar refractivity (Wildman–Crippen MR) is 64.2 cm³/mol. The Hall–Kier alpha value is -1.36. The Morgan fingerprint density at radius 1 is 1.53 bits per heavy atom. The minimum absolute atomic E-state index is 0.122. The molecular formula is C12H10BrFO3. The van der Waals surface area contributed by atoms with Gasteiger partial charge in [0.2, 0.25) is 0 Å². The van der Waals surface area contributed by atoms with Crippen LogP contribution < -0.4 is 0 Å². The maximum atomic E-state index is 13.5. The van der Waals surface area contributed by atoms with Crippen LogP contribution in [0.1, 0.15) is 12.5 Å². The molecule has 0 saturated carbocycles. The number of benzene rings is 1. The molecule has 1 aromatic heterocycles. The minimum Gasteiger partial charge on any atom is -0.466 e. The molecule has 3 nitrogen and oxygen atoms in total. The summed E-state index contributed by atoms with van der Waals surface area (Å²) in [7, 11) is 0. The Morgan fingerprint density at radius 3 is 3.00 bits per heavy atom. The molecule has 90 valence electrons. The van der Waals surface area contributed by atoms with Crippen LogP contribution in [0.15, 0.2) is 27.1 Å². The maximum absolute atomic E-state index is 13.5. The summed E-state index contributed by atoms with van der Waals surface area (Å²) in [5.74, 6) is -0.464. The molecule has 0 aliphatic heterocycles. The standard InChI is InChI=1S/C12H10BrFO3/c1-2-16-11(15)6-9-8-5-7(13)3-4-10(8)17-12(9)14/h3-5H,2,6H2,1H3. The molecule has 0 unspecified atom stereocenters. The molecule has 2 rings (SSSR count). The Bertz CT molecular complexity index is 562. The fraction of sp³-hybridized carbons (Fsp3) is 0.250. The maximum Gasteiger partial charge on any atom is 0.310 e. The first-order valence-corrected chi connectivity index (χ1v) is 5.93. The summed E-state index contributed by atoms with van der Waals surface area (Å²) >= 11 is 3.29. The quantitative estimate of drug-likeness (QED) is 0.815. The number of esters is 1. The first-order valence-electron chi connectivity index (χ1n) is 5.14. The molecule has 5 heteroatoms. The van der Waals surface area contributed by atoms with E-state index < -0.39 is 12.0 Å². The molecule has 0 amide bonds. The van der Waals surface area contributed by atoms with E-state index >= 15 is 0 Å². The Labute approximate surface area is 106 Å². The van der Waals surface area contributed by atoms with Gasteiger partial charge in [0.25, 0.3) is 6.01 Å². The van der Waals surface area contributed by atoms with Crippen molar-refractivity contribution in [3.05, 3.63) is 34.2 Å². The van der Waals surface area contributed by atoms with Crippen molar-refractivity contribution >= 4 is 32.9 Å². The van der Waals surface area contributed by atoms with E-state index in [1.54, 1.807) is 25.1 Å². The van der Waals surface area contributed by atoms with Crippen molar-refractivity contribution in [1.29, 1.82) is 0 Å². The average Bonchev–Trinajstić information content (AvgIpc) is 2.56. The first-order chi connectivity index (χ1) is 8.11. The highest BCUT2D eigenvalue weighted by Crippen LogP contribution is 2.28. The monoisotopic (exact) mass is 300 g/mol. The van der Waals surface area contributed by atoms with Crippen LogP contribution in [-0.4, -0.2) is 12.6 Å². The van der Waals surface area contributed by atoms with Gasteiger partial charge in [0.15, 0.2) is 0 Å². The van der Waals surface area contributed by atoms with Gasteiger partial charge in [0.1, 0.15) is 5.58 Å². The van der Waals surface area contributed by atoms with Crippen molar-refractivity contribution in [1.82, 2.24) is 0 Å². The number of hydrogen-bond acceptors (Lipinski definition) is 3. The molecule has 2 aromatic rings. The zero-order chi connectivity index (χ0) is 12.4. The van der Waals surface area contributed by atoms with Gasteiger partial charge in [0.05, 0.1) is 13.0 Å². The van der Waals surface area contributed by atoms with Gasteiger partial charge in [0, 0.05) is 15.4 Å². The van der Waals surface area contributed by atoms with Crippen molar-refractivity contribution in [2.75, 3.05) is 6.61 Å². The van der Waals surface area contributed by atoms with Gasteiger partial charge in [-0.25, -0.2) is 0 Å². The topological polar surface area (TPSA) is 39.4 Å². The van der Waals surface area contributed by atoms with Crippen LogP contribution in [0, 0.1) is 6.01 Å². The highest BCUT2D eigenvalue weighted by Gasteiger charge is 2.17. The summed E-state index contributed by atoms with van der Waals surface area (Å²) in [5, 5.41) is 0.588. The van der Waals surface area contributed by atoms with Gasteiger partial charge >= 0.3 is 5.97 Å². The second kappa shape index (κ2) is 4.87. The third-order valence-corrected chi connectivity index (χ3v) is 2.82. The number of fused-ring (bicyclic) bond motifs is 1. The lowest BCUT2D eigenvalue weighted by atomic mass is 10.1. The summed E-state index contributed by atoms with van der Waals surface area (Å²) in [4.78, 5) is 11.3. The number of carbonyl (C=O) groups is 1. The number of furan rings is 1. The molecule has 1 heterocycles. The molecule has 0 N–H and O–H groups in total. The van der Waals surface area contributed by atoms with Crippen LogP contribution in [0.5, 0.6) is 0 Å². The van der Waals surface area contributed by atoms with Crippen LogP contribution >= 0.6 is 15.9 Å². The van der Waals surface area contributed by atoms with E-state index in [0.717, 1.165) is 4.47 Å². The van der Waals surface area contributed by atoms with Crippen molar-refractivity contribution < 1.29 is 18.3 Å². The van der Waals surface area contributed by atoms with Crippen LogP contribution in [-0.2, 0) is 16.0 Å². The molecule has 0 bridgehead atoms. The fourth-order valence-corrected chi connectivity index (χ4v) is 1.97. The lowest BCUT2D eigenvalue weighted by Crippen LogP contribution is -2.07. The van der Waals surface area contributed by atoms with E-state index in [4.69, 9.17) is 9.15 Å². The molecule has 0 aliphatic carbocycles. The Balaban J connectivity index is 2.41. The number of halogens is 2. The van der Waals surface area contributed by atoms with Crippen LogP contribution in [0.4, 0.5) is 4.39 Å². The van der Waals surface area contributed by atoms with Crippen molar-refractivity contribution in [3.8, 4) is 0 Å². The molecule has 0 spiro atoms. The molecule has 0 aliphatic rings. The van der Waals surface area contributed by atoms with Gasteiger partial charge in [-0.05, 0) is 25.1 Å². The van der Waals surface area contributed by atoms with E-state index in [2.05, 4.69) is 15.9 Å².